The molecule has 0 aliphatic heterocycles. The van der Waals surface area contributed by atoms with Gasteiger partial charge in [0.15, 0.2) is 0 Å². The molecule has 0 unspecified atom stereocenters. The molecule has 4 rings (SSSR count). The molecule has 1 heterocycles. The molecule has 2 saturated carbocycles. The zero-order valence-corrected chi connectivity index (χ0v) is 18.6. The lowest BCUT2D eigenvalue weighted by Crippen LogP contribution is -2.68. The Kier molecular flexibility index (Phi) is 8.97. The number of hydrogen-bond acceptors (Lipinski definition) is 8. The van der Waals surface area contributed by atoms with E-state index < -0.39 is 15.8 Å². The molecule has 0 radical (unpaired) electrons. The minimum atomic E-state index is -4.94. The van der Waals surface area contributed by atoms with Crippen molar-refractivity contribution in [3.63, 3.8) is 0 Å². The summed E-state index contributed by atoms with van der Waals surface area (Å²) in [5.74, 6) is 0. The third kappa shape index (κ3) is 8.59. The predicted octanol–water partition coefficient (Wildman–Crippen LogP) is -1.15. The quantitative estimate of drug-likeness (QED) is 0.292. The maximum absolute atomic E-state index is 12.5. The summed E-state index contributed by atoms with van der Waals surface area (Å²) in [5, 5.41) is 8.15. The van der Waals surface area contributed by atoms with Gasteiger partial charge in [0.25, 0.3) is 0 Å². The molecule has 2 amide bonds. The topological polar surface area (TPSA) is 185 Å². The molecule has 1 aromatic heterocycles. The number of carbonyl (C=O) groups excluding carboxylic acids is 1. The van der Waals surface area contributed by atoms with Crippen LogP contribution < -0.4 is 29.2 Å². The summed E-state index contributed by atoms with van der Waals surface area (Å²) < 4.78 is 39.3. The number of hydrogen-bond donors (Lipinski definition) is 0. The van der Waals surface area contributed by atoms with E-state index in [-0.39, 0.29) is 6.03 Å². The van der Waals surface area contributed by atoms with E-state index in [4.69, 9.17) is 28.2 Å². The number of rotatable bonds is 2. The molecule has 2 aliphatic rings. The highest BCUT2D eigenvalue weighted by molar-refractivity contribution is 6.01. The molecule has 0 saturated heterocycles. The van der Waals surface area contributed by atoms with Crippen LogP contribution in [0.15, 0.2) is 39.0 Å². The Morgan fingerprint density at radius 2 is 1.42 bits per heavy atom. The van der Waals surface area contributed by atoms with Crippen molar-refractivity contribution in [1.82, 2.24) is 15.2 Å². The summed E-state index contributed by atoms with van der Waals surface area (Å²) in [7, 11) is -4.94. The standard InChI is InChI=1S/C20H24N5O3.ClHO4/c26-19-17-13-7-8-14-18(17)23-24-25(19)28-27-20(21-15-9-3-1-4-10-15)22-16-11-5-2-6-12-16;2-1(3,4)5/h7-8,13-14H,1-6,9-12H2;(H,2,3,4,5)/q+1;/p-1. The third-order valence-electron chi connectivity index (χ3n) is 5.09. The average Bonchev–Trinajstić information content (AvgIpc) is 2.79. The zero-order chi connectivity index (χ0) is 23.7. The normalized spacial score (nSPS) is 16.5. The minimum absolute atomic E-state index is 0.135. The van der Waals surface area contributed by atoms with Crippen LogP contribution in [0.2, 0.25) is 0 Å². The van der Waals surface area contributed by atoms with Crippen molar-refractivity contribution in [3.05, 3.63) is 34.6 Å². The van der Waals surface area contributed by atoms with Crippen LogP contribution in [0.1, 0.15) is 64.2 Å². The maximum Gasteiger partial charge on any atom is 0.640 e. The largest absolute Gasteiger partial charge is 0.640 e. The van der Waals surface area contributed by atoms with Gasteiger partial charge in [0.05, 0.1) is 10.2 Å². The highest BCUT2D eigenvalue weighted by atomic mass is 35.7. The van der Waals surface area contributed by atoms with Crippen molar-refractivity contribution in [3.8, 4) is 0 Å². The second kappa shape index (κ2) is 11.9. The van der Waals surface area contributed by atoms with Gasteiger partial charge >= 0.3 is 11.6 Å². The number of fused-ring (bicyclic) bond motifs is 1. The summed E-state index contributed by atoms with van der Waals surface area (Å²) in [6, 6.07) is 7.08. The first-order chi connectivity index (χ1) is 15.8. The van der Waals surface area contributed by atoms with E-state index in [0.717, 1.165) is 67.6 Å². The van der Waals surface area contributed by atoms with E-state index >= 15 is 0 Å². The van der Waals surface area contributed by atoms with E-state index in [1.165, 1.54) is 12.8 Å². The van der Waals surface area contributed by atoms with Gasteiger partial charge in [-0.25, -0.2) is 18.6 Å². The van der Waals surface area contributed by atoms with Crippen molar-refractivity contribution < 1.29 is 38.4 Å². The smallest absolute Gasteiger partial charge is 0.263 e. The summed E-state index contributed by atoms with van der Waals surface area (Å²) in [6.07, 6.45) is 10.7. The van der Waals surface area contributed by atoms with Crippen LogP contribution in [-0.4, -0.2) is 32.6 Å². The van der Waals surface area contributed by atoms with Crippen LogP contribution in [0.25, 0.3) is 10.9 Å². The summed E-state index contributed by atoms with van der Waals surface area (Å²) in [6.45, 7) is 0. The van der Waals surface area contributed by atoms with Gasteiger partial charge in [-0.05, 0) is 68.7 Å². The molecule has 0 spiro atoms. The molecular formula is C20H24ClN5O7. The van der Waals surface area contributed by atoms with Crippen LogP contribution in [0.4, 0.5) is 4.58 Å². The SMILES string of the molecule is O=c1c2ccccc2nnn1O[O+]=C(N=C1CCCCC1)N=C1CCCCC1.[O-][Cl+3]([O-])([O-])[O-]. The third-order valence-corrected chi connectivity index (χ3v) is 5.09. The highest BCUT2D eigenvalue weighted by Crippen LogP contribution is 2.17. The van der Waals surface area contributed by atoms with Gasteiger partial charge in [-0.3, -0.25) is 4.79 Å². The number of aromatic nitrogens is 3. The minimum Gasteiger partial charge on any atom is -0.263 e. The van der Waals surface area contributed by atoms with Gasteiger partial charge in [0.1, 0.15) is 10.1 Å². The Labute approximate surface area is 191 Å². The molecule has 2 fully saturated rings. The number of nitrogens with zero attached hydrogens (tertiary/aromatic N) is 5. The monoisotopic (exact) mass is 481 g/mol. The Morgan fingerprint density at radius 3 is 1.97 bits per heavy atom. The van der Waals surface area contributed by atoms with Crippen molar-refractivity contribution in [2.75, 3.05) is 0 Å². The summed E-state index contributed by atoms with van der Waals surface area (Å²) in [5.41, 5.74) is 2.17. The van der Waals surface area contributed by atoms with Gasteiger partial charge < -0.3 is 0 Å². The second-order valence-electron chi connectivity index (χ2n) is 7.58. The lowest BCUT2D eigenvalue weighted by molar-refractivity contribution is -2.00. The van der Waals surface area contributed by atoms with Crippen LogP contribution in [0.5, 0.6) is 0 Å². The Morgan fingerprint density at radius 1 is 0.909 bits per heavy atom. The van der Waals surface area contributed by atoms with E-state index in [1.54, 1.807) is 24.3 Å². The predicted molar refractivity (Wildman–Crippen MR) is 107 cm³/mol. The number of aliphatic imine (C=N–C) groups is 2. The highest BCUT2D eigenvalue weighted by Gasteiger charge is 2.21. The maximum atomic E-state index is 12.5. The molecule has 13 heteroatoms. The van der Waals surface area contributed by atoms with Gasteiger partial charge in [-0.2, -0.15) is 0 Å². The number of amides is 2. The Balaban J connectivity index is 0.000000555. The first kappa shape index (κ1) is 24.9. The lowest BCUT2D eigenvalue weighted by Gasteiger charge is -2.17. The number of halogens is 1. The van der Waals surface area contributed by atoms with Crippen molar-refractivity contribution in [2.45, 2.75) is 64.2 Å². The van der Waals surface area contributed by atoms with Crippen LogP contribution in [0, 0.1) is 10.2 Å². The number of benzene rings is 1. The van der Waals surface area contributed by atoms with E-state index in [0.29, 0.717) is 10.9 Å². The molecule has 2 aromatic rings. The van der Waals surface area contributed by atoms with Crippen LogP contribution >= 0.6 is 0 Å². The van der Waals surface area contributed by atoms with E-state index in [2.05, 4.69) is 20.3 Å². The van der Waals surface area contributed by atoms with E-state index in [9.17, 15) is 4.79 Å². The van der Waals surface area contributed by atoms with Gasteiger partial charge in [-0.15, -0.1) is 25.3 Å². The lowest BCUT2D eigenvalue weighted by atomic mass is 9.98. The zero-order valence-electron chi connectivity index (χ0n) is 17.9. The summed E-state index contributed by atoms with van der Waals surface area (Å²) >= 11 is 0. The Bertz CT molecular complexity index is 1040. The fourth-order valence-corrected chi connectivity index (χ4v) is 3.57. The fraction of sp³-hybridized carbons (Fsp3) is 0.500. The Hall–Kier alpha value is -2.77. The van der Waals surface area contributed by atoms with Gasteiger partial charge in [-0.1, -0.05) is 25.0 Å². The second-order valence-corrected chi connectivity index (χ2v) is 8.34. The van der Waals surface area contributed by atoms with Crippen molar-refractivity contribution in [2.24, 2.45) is 9.98 Å². The van der Waals surface area contributed by atoms with E-state index in [1.807, 2.05) is 0 Å². The first-order valence-electron chi connectivity index (χ1n) is 10.6. The van der Waals surface area contributed by atoms with Crippen LogP contribution in [-0.2, 0) is 0 Å². The molecule has 12 nitrogen and oxygen atoms in total. The van der Waals surface area contributed by atoms with Crippen molar-refractivity contribution >= 4 is 28.4 Å². The fourth-order valence-electron chi connectivity index (χ4n) is 3.57. The molecule has 0 atom stereocenters. The summed E-state index contributed by atoms with van der Waals surface area (Å²) in [4.78, 5) is 27.5. The molecule has 178 valence electrons. The molecular weight excluding hydrogens is 458 g/mol. The molecule has 0 bridgehead atoms. The average molecular weight is 482 g/mol. The molecule has 0 N–H and O–H groups in total. The first-order valence-corrected chi connectivity index (χ1v) is 11.8. The molecule has 33 heavy (non-hydrogen) atoms. The number of urea groups is 1. The molecule has 1 aromatic carbocycles. The molecule has 2 aliphatic carbocycles. The van der Waals surface area contributed by atoms with Crippen LogP contribution in [0.3, 0.4) is 0 Å². The van der Waals surface area contributed by atoms with Gasteiger partial charge in [0, 0.05) is 16.4 Å². The van der Waals surface area contributed by atoms with Crippen molar-refractivity contribution in [1.29, 1.82) is 0 Å². The van der Waals surface area contributed by atoms with Gasteiger partial charge in [0.2, 0.25) is 0 Å².